The van der Waals surface area contributed by atoms with E-state index in [1.165, 1.54) is 94.2 Å². The molecule has 3 heteroatoms. The Balaban J connectivity index is 0.000000187. The number of rotatable bonds is 4. The van der Waals surface area contributed by atoms with Crippen LogP contribution in [0.4, 0.5) is 0 Å². The van der Waals surface area contributed by atoms with E-state index in [-0.39, 0.29) is 19.5 Å². The Morgan fingerprint density at radius 3 is 0.667 bits per heavy atom. The maximum atomic E-state index is 1.56. The van der Waals surface area contributed by atoms with Crippen molar-refractivity contribution >= 4 is 17.2 Å². The first-order valence-corrected chi connectivity index (χ1v) is 14.7. The van der Waals surface area contributed by atoms with Gasteiger partial charge in [-0.2, -0.15) is 0 Å². The molecule has 4 saturated carbocycles. The van der Waals surface area contributed by atoms with Gasteiger partial charge in [-0.1, -0.05) is 77.0 Å². The van der Waals surface area contributed by atoms with Crippen LogP contribution in [0, 0.1) is 0 Å². The Labute approximate surface area is 187 Å². The summed E-state index contributed by atoms with van der Waals surface area (Å²) in [7, 11) is 2.66. The second-order valence-electron chi connectivity index (χ2n) is 9.67. The standard InChI is InChI=1S/2C12H23P.Ru/c2*1-3-7-11(8-4-1)13-12-9-5-2-6-10-12;/h2*11-13H,1-10H2;. The maximum Gasteiger partial charge on any atom is 0 e. The van der Waals surface area contributed by atoms with Crippen molar-refractivity contribution in [2.75, 3.05) is 0 Å². The summed E-state index contributed by atoms with van der Waals surface area (Å²) in [4.78, 5) is 0. The van der Waals surface area contributed by atoms with Crippen molar-refractivity contribution in [3.05, 3.63) is 0 Å². The molecular formula is C24H46P2Ru. The quantitative estimate of drug-likeness (QED) is 0.269. The van der Waals surface area contributed by atoms with E-state index in [1.54, 1.807) is 51.4 Å². The molecule has 0 amide bonds. The van der Waals surface area contributed by atoms with Crippen molar-refractivity contribution in [3.63, 3.8) is 0 Å². The molecule has 0 aromatic heterocycles. The summed E-state index contributed by atoms with van der Waals surface area (Å²) in [5, 5.41) is 0. The fourth-order valence-corrected chi connectivity index (χ4v) is 10.0. The van der Waals surface area contributed by atoms with Gasteiger partial charge in [0.05, 0.1) is 0 Å². The smallest absolute Gasteiger partial charge is 0 e. The summed E-state index contributed by atoms with van der Waals surface area (Å²) in [5.41, 5.74) is 4.60. The van der Waals surface area contributed by atoms with E-state index in [9.17, 15) is 0 Å². The van der Waals surface area contributed by atoms with Gasteiger partial charge in [0, 0.05) is 19.5 Å². The molecule has 0 saturated heterocycles. The summed E-state index contributed by atoms with van der Waals surface area (Å²) in [6, 6.07) is 0. The third kappa shape index (κ3) is 10.4. The van der Waals surface area contributed by atoms with E-state index in [2.05, 4.69) is 0 Å². The zero-order valence-electron chi connectivity index (χ0n) is 17.8. The molecule has 4 fully saturated rings. The summed E-state index contributed by atoms with van der Waals surface area (Å²) < 4.78 is 0. The van der Waals surface area contributed by atoms with Gasteiger partial charge in [0.15, 0.2) is 0 Å². The van der Waals surface area contributed by atoms with Crippen LogP contribution in [0.15, 0.2) is 0 Å². The van der Waals surface area contributed by atoms with Crippen LogP contribution in [-0.2, 0) is 19.5 Å². The summed E-state index contributed by atoms with van der Waals surface area (Å²) in [6.07, 6.45) is 30.9. The van der Waals surface area contributed by atoms with Crippen LogP contribution >= 0.6 is 17.2 Å². The molecule has 0 unspecified atom stereocenters. The zero-order chi connectivity index (χ0) is 17.9. The van der Waals surface area contributed by atoms with Gasteiger partial charge in [-0.15, -0.1) is 17.2 Å². The molecule has 0 aromatic rings. The van der Waals surface area contributed by atoms with E-state index >= 15 is 0 Å². The maximum absolute atomic E-state index is 1.56. The molecule has 27 heavy (non-hydrogen) atoms. The van der Waals surface area contributed by atoms with Gasteiger partial charge < -0.3 is 0 Å². The molecule has 4 aliphatic rings. The van der Waals surface area contributed by atoms with E-state index in [4.69, 9.17) is 0 Å². The fourth-order valence-electron chi connectivity index (χ4n) is 5.74. The van der Waals surface area contributed by atoms with Gasteiger partial charge in [0.2, 0.25) is 0 Å². The molecule has 0 radical (unpaired) electrons. The third-order valence-electron chi connectivity index (χ3n) is 7.36. The Morgan fingerprint density at radius 1 is 0.296 bits per heavy atom. The van der Waals surface area contributed by atoms with E-state index in [0.717, 1.165) is 22.6 Å². The molecule has 0 atom stereocenters. The normalized spacial score (nSPS) is 26.7. The van der Waals surface area contributed by atoms with Crippen LogP contribution in [0.3, 0.4) is 0 Å². The van der Waals surface area contributed by atoms with Crippen molar-refractivity contribution in [3.8, 4) is 0 Å². The number of hydrogen-bond donors (Lipinski definition) is 0. The molecule has 4 rings (SSSR count). The molecule has 0 aliphatic heterocycles. The molecule has 0 heterocycles. The molecule has 4 aliphatic carbocycles. The monoisotopic (exact) mass is 498 g/mol. The second-order valence-corrected chi connectivity index (χ2v) is 13.6. The van der Waals surface area contributed by atoms with E-state index in [1.807, 2.05) is 0 Å². The SMILES string of the molecule is C1CCC(PC2CCCCC2)CC1.C1CCC(PC2CCCCC2)CC1.[Ru]. The van der Waals surface area contributed by atoms with Crippen molar-refractivity contribution in [2.24, 2.45) is 0 Å². The van der Waals surface area contributed by atoms with Gasteiger partial charge in [-0.05, 0) is 74.0 Å². The second kappa shape index (κ2) is 15.3. The van der Waals surface area contributed by atoms with Crippen molar-refractivity contribution < 1.29 is 19.5 Å². The largest absolute Gasteiger partial charge is 0.116 e. The molecule has 0 spiro atoms. The van der Waals surface area contributed by atoms with Crippen LogP contribution in [0.1, 0.15) is 128 Å². The zero-order valence-corrected chi connectivity index (χ0v) is 21.5. The van der Waals surface area contributed by atoms with Crippen LogP contribution in [-0.4, -0.2) is 22.6 Å². The third-order valence-corrected chi connectivity index (χ3v) is 11.6. The molecule has 0 N–H and O–H groups in total. The molecule has 0 nitrogen and oxygen atoms in total. The molecular weight excluding hydrogens is 451 g/mol. The predicted molar refractivity (Wildman–Crippen MR) is 124 cm³/mol. The van der Waals surface area contributed by atoms with Crippen molar-refractivity contribution in [1.29, 1.82) is 0 Å². The first-order chi connectivity index (χ1) is 12.9. The van der Waals surface area contributed by atoms with Gasteiger partial charge in [0.25, 0.3) is 0 Å². The van der Waals surface area contributed by atoms with Gasteiger partial charge in [-0.25, -0.2) is 0 Å². The van der Waals surface area contributed by atoms with Gasteiger partial charge in [-0.3, -0.25) is 0 Å². The topological polar surface area (TPSA) is 0 Å². The van der Waals surface area contributed by atoms with Gasteiger partial charge in [0.1, 0.15) is 0 Å². The minimum atomic E-state index is 0. The molecule has 0 aromatic carbocycles. The van der Waals surface area contributed by atoms with Crippen LogP contribution in [0.5, 0.6) is 0 Å². The van der Waals surface area contributed by atoms with Crippen molar-refractivity contribution in [1.82, 2.24) is 0 Å². The van der Waals surface area contributed by atoms with Crippen LogP contribution < -0.4 is 0 Å². The minimum absolute atomic E-state index is 0. The van der Waals surface area contributed by atoms with Gasteiger partial charge >= 0.3 is 0 Å². The summed E-state index contributed by atoms with van der Waals surface area (Å²) in [6.45, 7) is 0. The van der Waals surface area contributed by atoms with E-state index < -0.39 is 0 Å². The Hall–Kier alpha value is 1.48. The minimum Gasteiger partial charge on any atom is -0.116 e. The Kier molecular flexibility index (Phi) is 14.0. The van der Waals surface area contributed by atoms with Crippen LogP contribution in [0.25, 0.3) is 0 Å². The number of hydrogen-bond acceptors (Lipinski definition) is 0. The molecule has 0 bridgehead atoms. The summed E-state index contributed by atoms with van der Waals surface area (Å²) >= 11 is 0. The average Bonchev–Trinajstić information content (AvgIpc) is 2.72. The Morgan fingerprint density at radius 2 is 0.481 bits per heavy atom. The Bertz CT molecular complexity index is 272. The summed E-state index contributed by atoms with van der Waals surface area (Å²) in [5.74, 6) is 0. The predicted octanol–water partition coefficient (Wildman–Crippen LogP) is 8.66. The van der Waals surface area contributed by atoms with E-state index in [0.29, 0.717) is 0 Å². The molecule has 160 valence electrons. The fraction of sp³-hybridized carbons (Fsp3) is 1.00. The average molecular weight is 498 g/mol. The van der Waals surface area contributed by atoms with Crippen LogP contribution in [0.2, 0.25) is 0 Å². The first-order valence-electron chi connectivity index (χ1n) is 12.4. The first kappa shape index (κ1) is 24.8. The van der Waals surface area contributed by atoms with Crippen molar-refractivity contribution in [2.45, 2.75) is 151 Å².